The number of quaternary nitrogens is 1. The van der Waals surface area contributed by atoms with Crippen LogP contribution in [0.2, 0.25) is 0 Å². The minimum Gasteiger partial charge on any atom is -0.500 e. The van der Waals surface area contributed by atoms with Gasteiger partial charge < -0.3 is 14.6 Å². The molecule has 2 rings (SSSR count). The van der Waals surface area contributed by atoms with Crippen molar-refractivity contribution < 1.29 is 20.0 Å². The lowest BCUT2D eigenvalue weighted by molar-refractivity contribution is -0.577. The lowest BCUT2D eigenvalue weighted by atomic mass is 10.1. The summed E-state index contributed by atoms with van der Waals surface area (Å²) in [6, 6.07) is 3.24. The van der Waals surface area contributed by atoms with Gasteiger partial charge in [0.25, 0.3) is 0 Å². The molecule has 0 spiro atoms. The predicted octanol–water partition coefficient (Wildman–Crippen LogP) is 1.11. The van der Waals surface area contributed by atoms with Gasteiger partial charge in [-0.05, 0) is 12.2 Å². The van der Waals surface area contributed by atoms with Crippen molar-refractivity contribution in [3.8, 4) is 17.2 Å². The monoisotopic (exact) mass is 274 g/mol. The fraction of sp³-hybridized carbons (Fsp3) is 0.143. The highest BCUT2D eigenvalue weighted by atomic mass is 16.5. The molecule has 0 amide bonds. The number of hydrogen-bond acceptors (Lipinski definition) is 5. The van der Waals surface area contributed by atoms with Gasteiger partial charge in [-0.1, -0.05) is 17.3 Å². The van der Waals surface area contributed by atoms with Gasteiger partial charge in [0.2, 0.25) is 11.4 Å². The van der Waals surface area contributed by atoms with Gasteiger partial charge in [-0.3, -0.25) is 5.41 Å². The van der Waals surface area contributed by atoms with E-state index in [-0.39, 0.29) is 5.75 Å². The maximum atomic E-state index is 10.0. The summed E-state index contributed by atoms with van der Waals surface area (Å²) in [6.45, 7) is 0. The summed E-state index contributed by atoms with van der Waals surface area (Å²) in [4.78, 5) is 0. The Hall–Kier alpha value is -2.60. The van der Waals surface area contributed by atoms with E-state index in [2.05, 4.69) is 5.10 Å². The quantitative estimate of drug-likeness (QED) is 0.252. The Morgan fingerprint density at radius 2 is 1.90 bits per heavy atom. The van der Waals surface area contributed by atoms with E-state index in [1.165, 1.54) is 19.6 Å². The van der Waals surface area contributed by atoms with E-state index in [1.807, 2.05) is 0 Å². The van der Waals surface area contributed by atoms with E-state index in [1.54, 1.807) is 36.4 Å². The summed E-state index contributed by atoms with van der Waals surface area (Å²) in [5, 5.41) is 22.0. The Morgan fingerprint density at radius 3 is 2.55 bits per heavy atom. The number of benzene rings is 1. The highest BCUT2D eigenvalue weighted by Crippen LogP contribution is 2.35. The van der Waals surface area contributed by atoms with Gasteiger partial charge in [-0.15, -0.1) is 0 Å². The third-order valence-corrected chi connectivity index (χ3v) is 2.78. The Balaban J connectivity index is 2.29. The van der Waals surface area contributed by atoms with Crippen LogP contribution in [0.4, 0.5) is 5.69 Å². The zero-order chi connectivity index (χ0) is 14.5. The number of nitrogens with two attached hydrogens (primary N) is 1. The molecule has 1 aliphatic carbocycles. The molecule has 20 heavy (non-hydrogen) atoms. The van der Waals surface area contributed by atoms with Crippen LogP contribution in [0.25, 0.3) is 0 Å². The Labute approximate surface area is 116 Å². The lowest BCUT2D eigenvalue weighted by Gasteiger charge is -2.08. The van der Waals surface area contributed by atoms with E-state index < -0.39 is 0 Å². The molecule has 0 aliphatic heterocycles. The second-order valence-electron chi connectivity index (χ2n) is 4.04. The first-order valence-corrected chi connectivity index (χ1v) is 5.95. The van der Waals surface area contributed by atoms with Gasteiger partial charge in [0.15, 0.2) is 5.75 Å². The summed E-state index contributed by atoms with van der Waals surface area (Å²) in [6.07, 6.45) is 6.95. The molecule has 0 saturated carbocycles. The van der Waals surface area contributed by atoms with Crippen molar-refractivity contribution in [3.63, 3.8) is 0 Å². The van der Waals surface area contributed by atoms with E-state index in [0.717, 1.165) is 0 Å². The van der Waals surface area contributed by atoms with Gasteiger partial charge in [-0.25, -0.2) is 0 Å². The molecule has 0 unspecified atom stereocenters. The zero-order valence-corrected chi connectivity index (χ0v) is 11.3. The summed E-state index contributed by atoms with van der Waals surface area (Å²) >= 11 is 0. The van der Waals surface area contributed by atoms with Crippen LogP contribution in [-0.4, -0.2) is 30.7 Å². The standard InChI is InChI=1S/C14H15N3O3/c1-19-9-7-12(14(18)13(8-9)20-2)17-16-11-6-4-3-5-10(11)15/h3-8,15,17-18H,1-2H3/p+1. The zero-order valence-electron chi connectivity index (χ0n) is 11.3. The number of ether oxygens (including phenoxy) is 2. The Morgan fingerprint density at radius 1 is 1.15 bits per heavy atom. The molecule has 104 valence electrons. The second kappa shape index (κ2) is 6.03. The summed E-state index contributed by atoms with van der Waals surface area (Å²) in [7, 11) is 3.00. The van der Waals surface area contributed by atoms with Crippen LogP contribution in [0, 0.1) is 5.41 Å². The minimum absolute atomic E-state index is 0.0143. The number of rotatable bonds is 4. The Bertz CT molecular complexity index is 618. The van der Waals surface area contributed by atoms with Gasteiger partial charge >= 0.3 is 0 Å². The molecular formula is C14H16N3O3+. The normalized spacial score (nSPS) is 15.7. The average Bonchev–Trinajstić information content (AvgIpc) is 2.47. The van der Waals surface area contributed by atoms with Crippen molar-refractivity contribution in [1.82, 2.24) is 0 Å². The maximum Gasteiger partial charge on any atom is 0.222 e. The third-order valence-electron chi connectivity index (χ3n) is 2.78. The Kier molecular flexibility index (Phi) is 4.17. The molecule has 0 atom stereocenters. The first kappa shape index (κ1) is 13.8. The van der Waals surface area contributed by atoms with Gasteiger partial charge in [-0.2, -0.15) is 5.43 Å². The molecule has 0 heterocycles. The van der Waals surface area contributed by atoms with Crippen LogP contribution in [0.5, 0.6) is 17.2 Å². The van der Waals surface area contributed by atoms with Crippen molar-refractivity contribution in [2.24, 2.45) is 5.10 Å². The number of methoxy groups -OCH3 is 2. The van der Waals surface area contributed by atoms with Crippen LogP contribution in [0.1, 0.15) is 0 Å². The van der Waals surface area contributed by atoms with E-state index in [4.69, 9.17) is 14.9 Å². The van der Waals surface area contributed by atoms with E-state index >= 15 is 0 Å². The van der Waals surface area contributed by atoms with Gasteiger partial charge in [0.1, 0.15) is 11.5 Å². The number of aromatic hydroxyl groups is 1. The lowest BCUT2D eigenvalue weighted by Crippen LogP contribution is -2.71. The van der Waals surface area contributed by atoms with E-state index in [9.17, 15) is 5.11 Å². The van der Waals surface area contributed by atoms with Crippen molar-refractivity contribution in [1.29, 1.82) is 5.41 Å². The number of hydrogen-bond donors (Lipinski definition) is 3. The van der Waals surface area contributed by atoms with Crippen LogP contribution < -0.4 is 14.9 Å². The third kappa shape index (κ3) is 2.86. The summed E-state index contributed by atoms with van der Waals surface area (Å²) in [5.74, 6) is 0.852. The first-order valence-electron chi connectivity index (χ1n) is 5.95. The van der Waals surface area contributed by atoms with E-state index in [0.29, 0.717) is 28.6 Å². The van der Waals surface area contributed by atoms with Crippen molar-refractivity contribution >= 4 is 17.1 Å². The molecule has 0 saturated heterocycles. The SMILES string of the molecule is COc1cc([NH2+]N=C2C=CC=CC2=N)c(O)c(OC)c1. The molecule has 6 heteroatoms. The first-order chi connectivity index (χ1) is 9.65. The topological polar surface area (TPSA) is 91.5 Å². The average molecular weight is 274 g/mol. The van der Waals surface area contributed by atoms with Crippen molar-refractivity contribution in [2.45, 2.75) is 0 Å². The largest absolute Gasteiger partial charge is 0.500 e. The molecule has 1 aromatic rings. The molecule has 6 nitrogen and oxygen atoms in total. The molecule has 4 N–H and O–H groups in total. The molecule has 1 aromatic carbocycles. The molecule has 1 aliphatic rings. The predicted molar refractivity (Wildman–Crippen MR) is 76.2 cm³/mol. The van der Waals surface area contributed by atoms with Crippen molar-refractivity contribution in [2.75, 3.05) is 14.2 Å². The number of allylic oxidation sites excluding steroid dienone is 4. The summed E-state index contributed by atoms with van der Waals surface area (Å²) in [5.41, 5.74) is 2.78. The molecule has 0 radical (unpaired) electrons. The van der Waals surface area contributed by atoms with Crippen LogP contribution in [0.3, 0.4) is 0 Å². The van der Waals surface area contributed by atoms with Gasteiger partial charge in [0.05, 0.1) is 19.9 Å². The molecule has 0 bridgehead atoms. The van der Waals surface area contributed by atoms with Crippen LogP contribution >= 0.6 is 0 Å². The molecule has 0 fully saturated rings. The number of nitrogens with one attached hydrogen (secondary N) is 1. The van der Waals surface area contributed by atoms with Crippen LogP contribution in [0.15, 0.2) is 41.5 Å². The highest BCUT2D eigenvalue weighted by Gasteiger charge is 2.15. The molecular weight excluding hydrogens is 258 g/mol. The number of phenolic OH excluding ortho intramolecular Hbond substituents is 1. The highest BCUT2D eigenvalue weighted by molar-refractivity contribution is 6.49. The van der Waals surface area contributed by atoms with Crippen molar-refractivity contribution in [3.05, 3.63) is 36.4 Å². The summed E-state index contributed by atoms with van der Waals surface area (Å²) < 4.78 is 10.2. The molecule has 0 aromatic heterocycles. The fourth-order valence-electron chi connectivity index (χ4n) is 1.70. The number of nitrogens with zero attached hydrogens (tertiary/aromatic N) is 1. The minimum atomic E-state index is -0.0143. The maximum absolute atomic E-state index is 10.0. The number of phenols is 1. The fourth-order valence-corrected chi connectivity index (χ4v) is 1.70. The smallest absolute Gasteiger partial charge is 0.222 e. The van der Waals surface area contributed by atoms with Crippen LogP contribution in [-0.2, 0) is 0 Å². The second-order valence-corrected chi connectivity index (χ2v) is 4.04. The van der Waals surface area contributed by atoms with Gasteiger partial charge in [0, 0.05) is 12.1 Å².